The number of pyridine rings is 1. The Hall–Kier alpha value is -2.52. The van der Waals surface area contributed by atoms with Gasteiger partial charge in [-0.25, -0.2) is 9.97 Å². The molecule has 1 atom stereocenters. The third kappa shape index (κ3) is 6.49. The lowest BCUT2D eigenvalue weighted by molar-refractivity contribution is -0.137. The molecule has 1 unspecified atom stereocenters. The van der Waals surface area contributed by atoms with Crippen molar-refractivity contribution in [2.24, 2.45) is 5.92 Å². The molecular formula is C23H25ClN4O3S. The minimum atomic E-state index is -0.766. The number of carboxylic acids is 1. The molecule has 0 bridgehead atoms. The van der Waals surface area contributed by atoms with E-state index in [1.54, 1.807) is 17.5 Å². The SMILES string of the molecule is O=C(O)CCN1CCOCC(Cc2ccnc(Nc3ncc(-c4cccc(Cl)c4)s3)c2)C1. The highest BCUT2D eigenvalue weighted by Gasteiger charge is 2.20. The molecule has 2 aromatic heterocycles. The molecule has 0 saturated carbocycles. The van der Waals surface area contributed by atoms with E-state index >= 15 is 0 Å². The van der Waals surface area contributed by atoms with Crippen LogP contribution in [0.4, 0.5) is 10.9 Å². The van der Waals surface area contributed by atoms with Gasteiger partial charge in [-0.1, -0.05) is 35.1 Å². The van der Waals surface area contributed by atoms with Crippen molar-refractivity contribution >= 4 is 39.9 Å². The van der Waals surface area contributed by atoms with Gasteiger partial charge in [0.15, 0.2) is 5.13 Å². The summed E-state index contributed by atoms with van der Waals surface area (Å²) in [5.74, 6) is 0.278. The quantitative estimate of drug-likeness (QED) is 0.496. The van der Waals surface area contributed by atoms with E-state index in [9.17, 15) is 4.79 Å². The van der Waals surface area contributed by atoms with Gasteiger partial charge in [-0.3, -0.25) is 4.79 Å². The molecule has 168 valence electrons. The zero-order valence-corrected chi connectivity index (χ0v) is 19.1. The van der Waals surface area contributed by atoms with Gasteiger partial charge in [-0.2, -0.15) is 0 Å². The van der Waals surface area contributed by atoms with E-state index in [-0.39, 0.29) is 6.42 Å². The fourth-order valence-electron chi connectivity index (χ4n) is 3.75. The summed E-state index contributed by atoms with van der Waals surface area (Å²) in [6.07, 6.45) is 4.62. The molecule has 1 aliphatic rings. The number of rotatable bonds is 8. The second-order valence-electron chi connectivity index (χ2n) is 7.80. The Bertz CT molecular complexity index is 1060. The van der Waals surface area contributed by atoms with Crippen LogP contribution in [0.25, 0.3) is 10.4 Å². The number of carbonyl (C=O) groups is 1. The fourth-order valence-corrected chi connectivity index (χ4v) is 4.76. The van der Waals surface area contributed by atoms with Crippen molar-refractivity contribution in [2.45, 2.75) is 12.8 Å². The molecule has 0 radical (unpaired) electrons. The van der Waals surface area contributed by atoms with Crippen LogP contribution in [0, 0.1) is 5.92 Å². The summed E-state index contributed by atoms with van der Waals surface area (Å²) in [6.45, 7) is 3.46. The van der Waals surface area contributed by atoms with Crippen molar-refractivity contribution in [2.75, 3.05) is 38.2 Å². The monoisotopic (exact) mass is 472 g/mol. The summed E-state index contributed by atoms with van der Waals surface area (Å²) in [4.78, 5) is 23.0. The minimum absolute atomic E-state index is 0.154. The predicted molar refractivity (Wildman–Crippen MR) is 127 cm³/mol. The van der Waals surface area contributed by atoms with Gasteiger partial charge in [0.1, 0.15) is 5.82 Å². The van der Waals surface area contributed by atoms with E-state index in [2.05, 4.69) is 20.2 Å². The molecule has 7 nitrogen and oxygen atoms in total. The second kappa shape index (κ2) is 10.9. The normalized spacial score (nSPS) is 17.1. The molecule has 1 fully saturated rings. The number of benzene rings is 1. The molecule has 2 N–H and O–H groups in total. The van der Waals surface area contributed by atoms with Gasteiger partial charge in [0.25, 0.3) is 0 Å². The van der Waals surface area contributed by atoms with Crippen molar-refractivity contribution in [1.29, 1.82) is 0 Å². The summed E-state index contributed by atoms with van der Waals surface area (Å²) < 4.78 is 5.76. The molecule has 3 aromatic rings. The molecule has 4 rings (SSSR count). The topological polar surface area (TPSA) is 87.6 Å². The Morgan fingerprint density at radius 2 is 2.22 bits per heavy atom. The van der Waals surface area contributed by atoms with Crippen LogP contribution < -0.4 is 5.32 Å². The average Bonchev–Trinajstić information content (AvgIpc) is 3.11. The number of hydrogen-bond acceptors (Lipinski definition) is 7. The van der Waals surface area contributed by atoms with Crippen LogP contribution in [0.15, 0.2) is 48.8 Å². The largest absolute Gasteiger partial charge is 0.481 e. The van der Waals surface area contributed by atoms with Crippen molar-refractivity contribution in [1.82, 2.24) is 14.9 Å². The van der Waals surface area contributed by atoms with Crippen LogP contribution in [0.5, 0.6) is 0 Å². The molecule has 0 aliphatic carbocycles. The smallest absolute Gasteiger partial charge is 0.304 e. The van der Waals surface area contributed by atoms with Gasteiger partial charge < -0.3 is 20.1 Å². The van der Waals surface area contributed by atoms with Gasteiger partial charge in [-0.05, 0) is 47.7 Å². The number of ether oxygens (including phenoxy) is 1. The Morgan fingerprint density at radius 3 is 3.06 bits per heavy atom. The van der Waals surface area contributed by atoms with E-state index < -0.39 is 5.97 Å². The molecule has 32 heavy (non-hydrogen) atoms. The number of anilines is 2. The Kier molecular flexibility index (Phi) is 7.70. The molecule has 9 heteroatoms. The zero-order valence-electron chi connectivity index (χ0n) is 17.5. The maximum absolute atomic E-state index is 10.9. The molecule has 1 aliphatic heterocycles. The van der Waals surface area contributed by atoms with Crippen molar-refractivity contribution in [3.05, 3.63) is 59.4 Å². The van der Waals surface area contributed by atoms with Gasteiger partial charge in [0, 0.05) is 37.1 Å². The molecule has 0 amide bonds. The van der Waals surface area contributed by atoms with Gasteiger partial charge in [-0.15, -0.1) is 0 Å². The first kappa shape index (κ1) is 22.7. The highest BCUT2D eigenvalue weighted by molar-refractivity contribution is 7.18. The first-order valence-electron chi connectivity index (χ1n) is 10.5. The lowest BCUT2D eigenvalue weighted by Gasteiger charge is -2.22. The average molecular weight is 473 g/mol. The number of halogens is 1. The molecule has 1 saturated heterocycles. The van der Waals surface area contributed by atoms with Crippen LogP contribution in [0.1, 0.15) is 12.0 Å². The summed E-state index contributed by atoms with van der Waals surface area (Å²) in [5.41, 5.74) is 2.19. The zero-order chi connectivity index (χ0) is 22.3. The standard InChI is InChI=1S/C23H25ClN4O3S/c24-19-3-1-2-18(12-19)20-13-26-23(32-20)27-21-11-16(4-6-25-21)10-17-14-28(7-5-22(29)30)8-9-31-15-17/h1-4,6,11-13,17H,5,7-10,14-15H2,(H,29,30)(H,25,26,27). The number of nitrogens with zero attached hydrogens (tertiary/aromatic N) is 3. The van der Waals surface area contributed by atoms with Crippen molar-refractivity contribution in [3.8, 4) is 10.4 Å². The minimum Gasteiger partial charge on any atom is -0.481 e. The van der Waals surface area contributed by atoms with E-state index in [0.29, 0.717) is 30.7 Å². The number of aliphatic carboxylic acids is 1. The van der Waals surface area contributed by atoms with Gasteiger partial charge in [0.05, 0.1) is 24.5 Å². The third-order valence-electron chi connectivity index (χ3n) is 5.26. The van der Waals surface area contributed by atoms with E-state index in [4.69, 9.17) is 21.4 Å². The number of thiazole rings is 1. The molecule has 1 aromatic carbocycles. The summed E-state index contributed by atoms with van der Waals surface area (Å²) in [7, 11) is 0. The Balaban J connectivity index is 1.39. The van der Waals surface area contributed by atoms with E-state index in [1.165, 1.54) is 0 Å². The number of aromatic nitrogens is 2. The van der Waals surface area contributed by atoms with Crippen LogP contribution in [0.3, 0.4) is 0 Å². The molecule has 3 heterocycles. The Labute approximate surface area is 196 Å². The Morgan fingerprint density at radius 1 is 1.31 bits per heavy atom. The first-order chi connectivity index (χ1) is 15.5. The second-order valence-corrected chi connectivity index (χ2v) is 9.27. The number of nitrogens with one attached hydrogen (secondary N) is 1. The highest BCUT2D eigenvalue weighted by atomic mass is 35.5. The maximum Gasteiger partial charge on any atom is 0.304 e. The predicted octanol–water partition coefficient (Wildman–Crippen LogP) is 4.57. The lowest BCUT2D eigenvalue weighted by Crippen LogP contribution is -2.32. The maximum atomic E-state index is 10.9. The lowest BCUT2D eigenvalue weighted by atomic mass is 10.00. The first-order valence-corrected chi connectivity index (χ1v) is 11.7. The number of carboxylic acid groups (broad SMARTS) is 1. The summed E-state index contributed by atoms with van der Waals surface area (Å²) in [6, 6.07) is 11.8. The summed E-state index contributed by atoms with van der Waals surface area (Å²) >= 11 is 7.65. The third-order valence-corrected chi connectivity index (χ3v) is 6.46. The summed E-state index contributed by atoms with van der Waals surface area (Å²) in [5, 5.41) is 13.7. The number of hydrogen-bond donors (Lipinski definition) is 2. The van der Waals surface area contributed by atoms with Gasteiger partial charge in [0.2, 0.25) is 0 Å². The fraction of sp³-hybridized carbons (Fsp3) is 0.348. The van der Waals surface area contributed by atoms with Crippen LogP contribution in [-0.4, -0.2) is 58.8 Å². The highest BCUT2D eigenvalue weighted by Crippen LogP contribution is 2.31. The van der Waals surface area contributed by atoms with E-state index in [1.807, 2.05) is 42.6 Å². The van der Waals surface area contributed by atoms with Crippen molar-refractivity contribution in [3.63, 3.8) is 0 Å². The molecular weight excluding hydrogens is 448 g/mol. The van der Waals surface area contributed by atoms with Crippen LogP contribution in [0.2, 0.25) is 5.02 Å². The van der Waals surface area contributed by atoms with E-state index in [0.717, 1.165) is 46.5 Å². The van der Waals surface area contributed by atoms with Gasteiger partial charge >= 0.3 is 5.97 Å². The van der Waals surface area contributed by atoms with Crippen molar-refractivity contribution < 1.29 is 14.6 Å². The van der Waals surface area contributed by atoms with Crippen LogP contribution in [-0.2, 0) is 16.0 Å². The molecule has 0 spiro atoms. The van der Waals surface area contributed by atoms with Crippen LogP contribution >= 0.6 is 22.9 Å².